The third-order valence-electron chi connectivity index (χ3n) is 9.67. The second kappa shape index (κ2) is 18.6. The van der Waals surface area contributed by atoms with Gasteiger partial charge in [-0.25, -0.2) is 4.79 Å². The van der Waals surface area contributed by atoms with E-state index in [1.54, 1.807) is 0 Å². The van der Waals surface area contributed by atoms with Crippen LogP contribution in [-0.4, -0.2) is 164 Å². The highest BCUT2D eigenvalue weighted by Gasteiger charge is 2.49. The molecule has 0 bridgehead atoms. The van der Waals surface area contributed by atoms with Crippen molar-refractivity contribution in [3.63, 3.8) is 0 Å². The van der Waals surface area contributed by atoms with Gasteiger partial charge in [-0.05, 0) is 35.9 Å². The lowest BCUT2D eigenvalue weighted by Gasteiger charge is -2.41. The molecule has 11 atom stereocenters. The lowest BCUT2D eigenvalue weighted by Crippen LogP contribution is -2.60. The van der Waals surface area contributed by atoms with E-state index in [1.165, 1.54) is 24.3 Å². The van der Waals surface area contributed by atoms with Gasteiger partial charge in [-0.2, -0.15) is 0 Å². The van der Waals surface area contributed by atoms with E-state index in [2.05, 4.69) is 4.74 Å². The van der Waals surface area contributed by atoms with Crippen LogP contribution in [0.2, 0.25) is 0 Å². The molecular weight excluding hydrogens is 836 g/mol. The maximum atomic E-state index is 12.5. The first-order valence-corrected chi connectivity index (χ1v) is 18.3. The largest absolute Gasteiger partial charge is 0.571 e. The second-order valence-electron chi connectivity index (χ2n) is 14.1. The molecule has 11 unspecified atom stereocenters. The molecule has 14 N–H and O–H groups in total. The summed E-state index contributed by atoms with van der Waals surface area (Å²) in [4.78, 5) is 35.2. The van der Waals surface area contributed by atoms with Crippen molar-refractivity contribution in [2.24, 2.45) is 0 Å². The van der Waals surface area contributed by atoms with Crippen molar-refractivity contribution in [1.29, 1.82) is 0 Å². The number of carbonyl (C=O) groups is 3. The first-order chi connectivity index (χ1) is 29.3. The lowest BCUT2D eigenvalue weighted by molar-refractivity contribution is -0.296. The standard InChI is InChI=1S/C39H40O23/c40-16-8-22-17(23(9-16)59-38-35(54)33(52)32(51)26(61-38)13-57-29(48)11-27(45)46)10-24(37(58-22)15-6-20(43)30(49)21(44)7-15)60-39-36(55)34(53)31(50)25(62-39)12-56-28(47)4-2-14-1-3-18(41)19(42)5-14/h1-10,25-26,31-44,49-55H,11-13H2,(H,45,46)/p+1. The Hall–Kier alpha value is -6.57. The summed E-state index contributed by atoms with van der Waals surface area (Å²) in [5, 5.41) is 134. The summed E-state index contributed by atoms with van der Waals surface area (Å²) in [7, 11) is 0. The maximum absolute atomic E-state index is 12.5. The normalized spacial score (nSPS) is 28.2. The minimum atomic E-state index is -2.01. The molecule has 3 heterocycles. The molecule has 3 aromatic rings. The second-order valence-corrected chi connectivity index (χ2v) is 14.1. The Morgan fingerprint density at radius 1 is 0.677 bits per heavy atom. The topological polar surface area (TPSA) is 382 Å². The number of aliphatic hydroxyl groups excluding tert-OH is 6. The predicted octanol–water partition coefficient (Wildman–Crippen LogP) is -1.46. The number of carboxylic acids is 1. The van der Waals surface area contributed by atoms with E-state index in [4.69, 9.17) is 33.5 Å². The first kappa shape index (κ1) is 45.0. The number of benzene rings is 3. The van der Waals surface area contributed by atoms with E-state index in [0.29, 0.717) is 5.56 Å². The number of rotatable bonds is 13. The van der Waals surface area contributed by atoms with Crippen LogP contribution in [0.4, 0.5) is 0 Å². The minimum Gasteiger partial charge on any atom is -0.571 e. The number of aromatic hydroxyl groups is 7. The van der Waals surface area contributed by atoms with Crippen LogP contribution < -0.4 is 4.74 Å². The summed E-state index contributed by atoms with van der Waals surface area (Å²) in [6.07, 6.45) is -17.7. The predicted molar refractivity (Wildman–Crippen MR) is 200 cm³/mol. The molecule has 3 aliphatic rings. The molecule has 2 saturated heterocycles. The van der Waals surface area contributed by atoms with Crippen molar-refractivity contribution in [3.05, 3.63) is 71.0 Å². The number of aliphatic hydroxyl groups is 7. The van der Waals surface area contributed by atoms with E-state index < -0.39 is 140 Å². The maximum Gasteiger partial charge on any atom is 0.330 e. The van der Waals surface area contributed by atoms with Crippen LogP contribution in [0, 0.1) is 0 Å². The average molecular weight is 878 g/mol. The Balaban J connectivity index is 1.28. The SMILES string of the molecule is O=C(O)CC(=O)OCC1OC(Oc2cc(O)cc3c2C=C(OC2OC(COC(=O)C=Cc4ccc(O)c(O)c4)C(O)C(O)C2O)C(c2cc(O)c(O)c(O)c2)[OH+]3)C(O)C(O)C1O. The molecule has 0 spiro atoms. The number of carboxylic acid groups (broad SMARTS) is 1. The van der Waals surface area contributed by atoms with Gasteiger partial charge in [0.15, 0.2) is 34.5 Å². The molecule has 0 amide bonds. The number of aliphatic carboxylic acids is 1. The van der Waals surface area contributed by atoms with Gasteiger partial charge in [0.05, 0.1) is 11.6 Å². The van der Waals surface area contributed by atoms with Gasteiger partial charge in [-0.15, -0.1) is 0 Å². The number of fused-ring (bicyclic) bond motifs is 1. The Morgan fingerprint density at radius 3 is 1.87 bits per heavy atom. The van der Waals surface area contributed by atoms with Gasteiger partial charge in [-0.1, -0.05) is 6.07 Å². The average Bonchev–Trinajstić information content (AvgIpc) is 3.22. The van der Waals surface area contributed by atoms with Gasteiger partial charge >= 0.3 is 17.9 Å². The molecule has 0 radical (unpaired) electrons. The van der Waals surface area contributed by atoms with E-state index >= 15 is 0 Å². The Kier molecular flexibility index (Phi) is 13.5. The number of esters is 2. The summed E-state index contributed by atoms with van der Waals surface area (Å²) in [6, 6.07) is 7.83. The van der Waals surface area contributed by atoms with E-state index in [0.717, 1.165) is 36.4 Å². The highest BCUT2D eigenvalue weighted by atomic mass is 16.7. The summed E-state index contributed by atoms with van der Waals surface area (Å²) < 4.78 is 37.7. The van der Waals surface area contributed by atoms with Crippen LogP contribution in [0.25, 0.3) is 12.2 Å². The smallest absolute Gasteiger partial charge is 0.330 e. The fourth-order valence-corrected chi connectivity index (χ4v) is 6.42. The molecule has 62 heavy (non-hydrogen) atoms. The zero-order valence-corrected chi connectivity index (χ0v) is 31.7. The van der Waals surface area contributed by atoms with Gasteiger partial charge in [0, 0.05) is 18.2 Å². The number of phenols is 6. The van der Waals surface area contributed by atoms with Crippen LogP contribution >= 0.6 is 0 Å². The molecule has 2 fully saturated rings. The highest BCUT2D eigenvalue weighted by molar-refractivity contribution is 5.90. The number of carbonyl (C=O) groups excluding carboxylic acids is 2. The van der Waals surface area contributed by atoms with Gasteiger partial charge in [0.2, 0.25) is 12.6 Å². The monoisotopic (exact) mass is 877 g/mol. The van der Waals surface area contributed by atoms with Crippen molar-refractivity contribution in [2.75, 3.05) is 13.2 Å². The molecular formula is C39H41O23+. The third kappa shape index (κ3) is 9.96. The molecule has 334 valence electrons. The fourth-order valence-electron chi connectivity index (χ4n) is 6.42. The van der Waals surface area contributed by atoms with E-state index in [1.807, 2.05) is 0 Å². The first-order valence-electron chi connectivity index (χ1n) is 18.3. The number of hydrogen-bond acceptors (Lipinski definition) is 21. The highest BCUT2D eigenvalue weighted by Crippen LogP contribution is 2.48. The van der Waals surface area contributed by atoms with Crippen LogP contribution in [0.3, 0.4) is 0 Å². The lowest BCUT2D eigenvalue weighted by atomic mass is 9.98. The van der Waals surface area contributed by atoms with Crippen LogP contribution in [0.5, 0.6) is 46.0 Å². The third-order valence-corrected chi connectivity index (χ3v) is 9.67. The minimum absolute atomic E-state index is 0.0750. The summed E-state index contributed by atoms with van der Waals surface area (Å²) in [5.41, 5.74) is 0.154. The van der Waals surface area contributed by atoms with Crippen molar-refractivity contribution < 1.29 is 114 Å². The number of phenolic OH excluding ortho intramolecular Hbond substituents is 6. The van der Waals surface area contributed by atoms with Crippen molar-refractivity contribution in [2.45, 2.75) is 73.9 Å². The molecule has 0 saturated carbocycles. The molecule has 23 heteroatoms. The van der Waals surface area contributed by atoms with Gasteiger partial charge in [-0.3, -0.25) is 9.59 Å². The van der Waals surface area contributed by atoms with Gasteiger partial charge in [0.25, 0.3) is 11.9 Å². The van der Waals surface area contributed by atoms with Crippen LogP contribution in [0.15, 0.2) is 54.3 Å². The molecule has 0 aromatic heterocycles. The number of hydrogen-bond donors (Lipinski definition) is 13. The molecule has 0 aliphatic carbocycles. The molecule has 3 aromatic carbocycles. The summed E-state index contributed by atoms with van der Waals surface area (Å²) >= 11 is 0. The Labute approximate surface area is 347 Å². The quantitative estimate of drug-likeness (QED) is 0.0307. The zero-order valence-electron chi connectivity index (χ0n) is 31.7. The number of ether oxygens (including phenoxy) is 7. The Morgan fingerprint density at radius 2 is 1.27 bits per heavy atom. The molecule has 6 rings (SSSR count). The van der Waals surface area contributed by atoms with Crippen LogP contribution in [0.1, 0.15) is 29.2 Å². The van der Waals surface area contributed by atoms with E-state index in [-0.39, 0.29) is 28.4 Å². The fraction of sp³-hybridized carbons (Fsp3) is 0.359. The summed E-state index contributed by atoms with van der Waals surface area (Å²) in [6.45, 7) is -1.51. The van der Waals surface area contributed by atoms with Crippen molar-refractivity contribution in [1.82, 2.24) is 0 Å². The molecule has 3 aliphatic heterocycles. The van der Waals surface area contributed by atoms with Crippen LogP contribution in [-0.2, 0) is 38.1 Å². The van der Waals surface area contributed by atoms with E-state index in [9.17, 15) is 75.7 Å². The van der Waals surface area contributed by atoms with Gasteiger partial charge < -0.3 is 99.5 Å². The molecule has 23 nitrogen and oxygen atoms in total. The zero-order chi connectivity index (χ0) is 45.2. The van der Waals surface area contributed by atoms with Crippen molar-refractivity contribution >= 4 is 30.1 Å². The van der Waals surface area contributed by atoms with Crippen molar-refractivity contribution in [3.8, 4) is 46.0 Å². The van der Waals surface area contributed by atoms with Gasteiger partial charge in [0.1, 0.15) is 85.5 Å². The summed E-state index contributed by atoms with van der Waals surface area (Å²) in [5.74, 6) is -8.32. The Bertz CT molecular complexity index is 2200.